The van der Waals surface area contributed by atoms with E-state index in [-0.39, 0.29) is 6.09 Å². The molecule has 0 heterocycles. The Balaban J connectivity index is 5.00. The standard InChI is InChI=1S/C20H45NO4Si2/c1-11-15-24-26(10,23-9)16-13-14-21(12-2)20(22)25-27(17(3)4,18(5)6)19(7)8/h17-19H,11-16H2,1-10H3. The van der Waals surface area contributed by atoms with Crippen molar-refractivity contribution in [3.8, 4) is 0 Å². The molecule has 0 bridgehead atoms. The number of rotatable bonds is 13. The molecule has 0 rings (SSSR count). The Kier molecular flexibility index (Phi) is 12.1. The van der Waals surface area contributed by atoms with E-state index in [1.165, 1.54) is 0 Å². The van der Waals surface area contributed by atoms with Gasteiger partial charge >= 0.3 is 14.7 Å². The van der Waals surface area contributed by atoms with Crippen molar-refractivity contribution in [2.24, 2.45) is 0 Å². The lowest BCUT2D eigenvalue weighted by atomic mass is 10.4. The van der Waals surface area contributed by atoms with Crippen LogP contribution in [0.25, 0.3) is 0 Å². The molecule has 1 unspecified atom stereocenters. The van der Waals surface area contributed by atoms with E-state index in [2.05, 4.69) is 55.0 Å². The van der Waals surface area contributed by atoms with E-state index >= 15 is 0 Å². The maximum absolute atomic E-state index is 13.0. The summed E-state index contributed by atoms with van der Waals surface area (Å²) in [6.45, 7) is 21.5. The van der Waals surface area contributed by atoms with Crippen LogP contribution in [0.2, 0.25) is 29.2 Å². The molecule has 1 atom stereocenters. The van der Waals surface area contributed by atoms with Crippen LogP contribution in [0.4, 0.5) is 4.79 Å². The van der Waals surface area contributed by atoms with Gasteiger partial charge in [0.05, 0.1) is 0 Å². The molecule has 0 aliphatic carbocycles. The Hall–Kier alpha value is -0.376. The van der Waals surface area contributed by atoms with E-state index in [1.807, 2.05) is 11.8 Å². The third-order valence-corrected chi connectivity index (χ3v) is 14.6. The van der Waals surface area contributed by atoms with Crippen molar-refractivity contribution >= 4 is 23.0 Å². The Morgan fingerprint density at radius 3 is 1.89 bits per heavy atom. The summed E-state index contributed by atoms with van der Waals surface area (Å²) in [6.07, 6.45) is 1.73. The third-order valence-electron chi connectivity index (χ3n) is 5.71. The van der Waals surface area contributed by atoms with Gasteiger partial charge in [-0.1, -0.05) is 48.5 Å². The number of nitrogens with zero attached hydrogens (tertiary/aromatic N) is 1. The zero-order chi connectivity index (χ0) is 21.3. The van der Waals surface area contributed by atoms with Crippen molar-refractivity contribution < 1.29 is 18.1 Å². The second-order valence-corrected chi connectivity index (χ2v) is 17.4. The van der Waals surface area contributed by atoms with Gasteiger partial charge in [-0.25, -0.2) is 4.79 Å². The summed E-state index contributed by atoms with van der Waals surface area (Å²) in [5, 5.41) is 0. The van der Waals surface area contributed by atoms with Crippen molar-refractivity contribution in [1.29, 1.82) is 0 Å². The highest BCUT2D eigenvalue weighted by atomic mass is 28.4. The maximum atomic E-state index is 13.0. The number of hydrogen-bond donors (Lipinski definition) is 0. The van der Waals surface area contributed by atoms with Crippen molar-refractivity contribution in [3.63, 3.8) is 0 Å². The zero-order valence-corrected chi connectivity index (χ0v) is 21.6. The lowest BCUT2D eigenvalue weighted by Gasteiger charge is -2.42. The number of hydrogen-bond acceptors (Lipinski definition) is 4. The minimum Gasteiger partial charge on any atom is -0.503 e. The molecule has 0 saturated heterocycles. The average molecular weight is 420 g/mol. The normalized spacial score (nSPS) is 14.7. The topological polar surface area (TPSA) is 48.0 Å². The fourth-order valence-corrected chi connectivity index (χ4v) is 11.1. The van der Waals surface area contributed by atoms with E-state index < -0.39 is 16.9 Å². The highest BCUT2D eigenvalue weighted by Crippen LogP contribution is 2.42. The minimum atomic E-state index is -2.20. The number of carbonyl (C=O) groups is 1. The first-order valence-electron chi connectivity index (χ1n) is 10.7. The molecule has 0 aromatic heterocycles. The fraction of sp³-hybridized carbons (Fsp3) is 0.950. The lowest BCUT2D eigenvalue weighted by molar-refractivity contribution is 0.146. The first kappa shape index (κ1) is 26.6. The summed E-state index contributed by atoms with van der Waals surface area (Å²) in [5.41, 5.74) is 1.19. The van der Waals surface area contributed by atoms with Crippen LogP contribution in [0.5, 0.6) is 0 Å². The van der Waals surface area contributed by atoms with E-state index in [4.69, 9.17) is 13.3 Å². The molecule has 1 amide bonds. The Bertz CT molecular complexity index is 410. The van der Waals surface area contributed by atoms with Crippen molar-refractivity contribution in [3.05, 3.63) is 0 Å². The Morgan fingerprint density at radius 1 is 1.00 bits per heavy atom. The number of amides is 1. The first-order chi connectivity index (χ1) is 12.5. The maximum Gasteiger partial charge on any atom is 0.396 e. The minimum absolute atomic E-state index is 0.143. The average Bonchev–Trinajstić information content (AvgIpc) is 2.60. The molecular weight excluding hydrogens is 374 g/mol. The van der Waals surface area contributed by atoms with Crippen LogP contribution in [0.1, 0.15) is 68.2 Å². The summed E-state index contributed by atoms with van der Waals surface area (Å²) in [6, 6.07) is 0.883. The molecule has 5 nitrogen and oxygen atoms in total. The van der Waals surface area contributed by atoms with Crippen molar-refractivity contribution in [1.82, 2.24) is 4.90 Å². The van der Waals surface area contributed by atoms with Gasteiger partial charge < -0.3 is 18.2 Å². The molecule has 0 saturated carbocycles. The molecule has 7 heteroatoms. The molecule has 0 radical (unpaired) electrons. The molecule has 0 aliphatic heterocycles. The van der Waals surface area contributed by atoms with E-state index in [0.29, 0.717) is 29.7 Å². The summed E-state index contributed by atoms with van der Waals surface area (Å²) in [4.78, 5) is 14.8. The van der Waals surface area contributed by atoms with Crippen LogP contribution in [0, 0.1) is 0 Å². The quantitative estimate of drug-likeness (QED) is 0.336. The van der Waals surface area contributed by atoms with Crippen LogP contribution in [-0.2, 0) is 13.3 Å². The monoisotopic (exact) mass is 419 g/mol. The molecule has 162 valence electrons. The SMILES string of the molecule is CCCO[Si](C)(CCCN(CC)C(=O)O[Si](C(C)C)(C(C)C)C(C)C)OC. The van der Waals surface area contributed by atoms with Crippen LogP contribution in [0.15, 0.2) is 0 Å². The second-order valence-electron chi connectivity index (χ2n) is 8.56. The predicted octanol–water partition coefficient (Wildman–Crippen LogP) is 6.16. The van der Waals surface area contributed by atoms with Gasteiger partial charge in [0.2, 0.25) is 0 Å². The smallest absolute Gasteiger partial charge is 0.396 e. The van der Waals surface area contributed by atoms with Gasteiger partial charge in [-0.15, -0.1) is 0 Å². The molecular formula is C20H45NO4Si2. The van der Waals surface area contributed by atoms with Gasteiger partial charge in [-0.3, -0.25) is 0 Å². The molecule has 27 heavy (non-hydrogen) atoms. The molecule has 0 N–H and O–H groups in total. The lowest BCUT2D eigenvalue weighted by Crippen LogP contribution is -2.52. The summed E-state index contributed by atoms with van der Waals surface area (Å²) < 4.78 is 18.0. The van der Waals surface area contributed by atoms with Crippen LogP contribution in [-0.4, -0.2) is 54.7 Å². The molecule has 0 aromatic carbocycles. The highest BCUT2D eigenvalue weighted by Gasteiger charge is 2.48. The van der Waals surface area contributed by atoms with Gasteiger partial charge in [-0.05, 0) is 49.0 Å². The third kappa shape index (κ3) is 7.51. The molecule has 0 spiro atoms. The zero-order valence-electron chi connectivity index (χ0n) is 19.6. The van der Waals surface area contributed by atoms with Crippen LogP contribution >= 0.6 is 0 Å². The Labute approximate surface area is 170 Å². The van der Waals surface area contributed by atoms with Gasteiger partial charge in [0, 0.05) is 26.8 Å². The first-order valence-corrected chi connectivity index (χ1v) is 15.3. The van der Waals surface area contributed by atoms with Gasteiger partial charge in [0.15, 0.2) is 0 Å². The van der Waals surface area contributed by atoms with E-state index in [0.717, 1.165) is 25.5 Å². The van der Waals surface area contributed by atoms with Crippen LogP contribution < -0.4 is 0 Å². The molecule has 0 fully saturated rings. The fourth-order valence-electron chi connectivity index (χ4n) is 4.09. The summed E-state index contributed by atoms with van der Waals surface area (Å²) in [5.74, 6) is 0. The van der Waals surface area contributed by atoms with Gasteiger partial charge in [0.1, 0.15) is 0 Å². The molecule has 0 aliphatic rings. The Morgan fingerprint density at radius 2 is 1.52 bits per heavy atom. The van der Waals surface area contributed by atoms with Gasteiger partial charge in [-0.2, -0.15) is 0 Å². The summed E-state index contributed by atoms with van der Waals surface area (Å²) >= 11 is 0. The van der Waals surface area contributed by atoms with Crippen molar-refractivity contribution in [2.75, 3.05) is 26.8 Å². The highest BCUT2D eigenvalue weighted by molar-refractivity contribution is 6.78. The van der Waals surface area contributed by atoms with E-state index in [1.54, 1.807) is 7.11 Å². The van der Waals surface area contributed by atoms with E-state index in [9.17, 15) is 4.79 Å². The van der Waals surface area contributed by atoms with Gasteiger partial charge in [0.25, 0.3) is 8.32 Å². The molecule has 0 aromatic rings. The predicted molar refractivity (Wildman–Crippen MR) is 119 cm³/mol. The number of carbonyl (C=O) groups excluding carboxylic acids is 1. The summed E-state index contributed by atoms with van der Waals surface area (Å²) in [7, 11) is -2.59. The second kappa shape index (κ2) is 12.2. The van der Waals surface area contributed by atoms with Crippen LogP contribution in [0.3, 0.4) is 0 Å². The van der Waals surface area contributed by atoms with Crippen molar-refractivity contribution in [2.45, 2.75) is 97.4 Å². The largest absolute Gasteiger partial charge is 0.503 e.